The normalized spacial score (nSPS) is 11.9. The molecule has 0 saturated heterocycles. The van der Waals surface area contributed by atoms with E-state index in [0.717, 1.165) is 5.56 Å². The molecule has 1 aromatic carbocycles. The first-order valence-electron chi connectivity index (χ1n) is 6.07. The van der Waals surface area contributed by atoms with Crippen LogP contribution in [-0.2, 0) is 6.42 Å². The fourth-order valence-corrected chi connectivity index (χ4v) is 1.92. The van der Waals surface area contributed by atoms with Gasteiger partial charge < -0.3 is 5.32 Å². The Bertz CT molecular complexity index is 604. The summed E-state index contributed by atoms with van der Waals surface area (Å²) in [5.74, 6) is -0.616. The van der Waals surface area contributed by atoms with Crippen LogP contribution in [0.15, 0.2) is 36.7 Å². The van der Waals surface area contributed by atoms with Gasteiger partial charge in [-0.15, -0.1) is 0 Å². The Morgan fingerprint density at radius 3 is 2.70 bits per heavy atom. The molecule has 1 atom stereocenters. The summed E-state index contributed by atoms with van der Waals surface area (Å²) in [6.45, 7) is 1.86. The van der Waals surface area contributed by atoms with E-state index in [1.807, 2.05) is 6.92 Å². The van der Waals surface area contributed by atoms with Crippen LogP contribution in [0.25, 0.3) is 0 Å². The Hall–Kier alpha value is -2.01. The molecule has 1 heterocycles. The molecular formula is C14H13ClFN3O. The summed E-state index contributed by atoms with van der Waals surface area (Å²) in [5.41, 5.74) is 1.11. The third-order valence-corrected chi connectivity index (χ3v) is 2.85. The van der Waals surface area contributed by atoms with E-state index in [1.165, 1.54) is 24.5 Å². The van der Waals surface area contributed by atoms with Crippen LogP contribution in [-0.4, -0.2) is 21.9 Å². The summed E-state index contributed by atoms with van der Waals surface area (Å²) in [6, 6.07) is 6.06. The Kier molecular flexibility index (Phi) is 4.63. The topological polar surface area (TPSA) is 54.9 Å². The first kappa shape index (κ1) is 14.4. The standard InChI is InChI=1S/C14H13ClFN3O/c1-9(6-10-2-4-11(16)5-3-10)18-14(20)12-7-17-8-13(15)19-12/h2-5,7-9H,6H2,1H3,(H,18,20). The number of rotatable bonds is 4. The molecule has 1 amide bonds. The second-order valence-electron chi connectivity index (χ2n) is 4.43. The van der Waals surface area contributed by atoms with E-state index in [2.05, 4.69) is 15.3 Å². The number of aromatic nitrogens is 2. The lowest BCUT2D eigenvalue weighted by Crippen LogP contribution is -2.34. The number of hydrogen-bond donors (Lipinski definition) is 1. The molecule has 0 radical (unpaired) electrons. The maximum absolute atomic E-state index is 12.8. The van der Waals surface area contributed by atoms with Gasteiger partial charge in [0, 0.05) is 6.04 Å². The van der Waals surface area contributed by atoms with Gasteiger partial charge in [0.1, 0.15) is 16.7 Å². The number of carbonyl (C=O) groups excluding carboxylic acids is 1. The number of amides is 1. The number of hydrogen-bond acceptors (Lipinski definition) is 3. The summed E-state index contributed by atoms with van der Waals surface area (Å²) < 4.78 is 12.8. The van der Waals surface area contributed by atoms with Crippen molar-refractivity contribution >= 4 is 17.5 Å². The molecule has 6 heteroatoms. The Morgan fingerprint density at radius 2 is 2.05 bits per heavy atom. The van der Waals surface area contributed by atoms with Gasteiger partial charge in [0.25, 0.3) is 5.91 Å². The second kappa shape index (κ2) is 6.43. The first-order chi connectivity index (χ1) is 9.54. The SMILES string of the molecule is CC(Cc1ccc(F)cc1)NC(=O)c1cncc(Cl)n1. The molecular weight excluding hydrogens is 281 g/mol. The van der Waals surface area contributed by atoms with Gasteiger partial charge in [-0.2, -0.15) is 0 Å². The highest BCUT2D eigenvalue weighted by molar-refractivity contribution is 6.29. The maximum atomic E-state index is 12.8. The maximum Gasteiger partial charge on any atom is 0.271 e. The minimum atomic E-state index is -0.338. The summed E-state index contributed by atoms with van der Waals surface area (Å²) in [4.78, 5) is 19.6. The highest BCUT2D eigenvalue weighted by Crippen LogP contribution is 2.07. The molecule has 0 aliphatic heterocycles. The molecule has 0 fully saturated rings. The minimum absolute atomic E-state index is 0.117. The molecule has 2 aromatic rings. The van der Waals surface area contributed by atoms with Crippen LogP contribution >= 0.6 is 11.6 Å². The average molecular weight is 294 g/mol. The molecule has 104 valence electrons. The fraction of sp³-hybridized carbons (Fsp3) is 0.214. The molecule has 20 heavy (non-hydrogen) atoms. The molecule has 1 N–H and O–H groups in total. The van der Waals surface area contributed by atoms with Gasteiger partial charge in [-0.25, -0.2) is 9.37 Å². The predicted molar refractivity (Wildman–Crippen MR) is 74.1 cm³/mol. The third-order valence-electron chi connectivity index (χ3n) is 2.67. The van der Waals surface area contributed by atoms with Crippen molar-refractivity contribution in [3.05, 3.63) is 58.9 Å². The Balaban J connectivity index is 1.95. The van der Waals surface area contributed by atoms with E-state index in [9.17, 15) is 9.18 Å². The summed E-state index contributed by atoms with van der Waals surface area (Å²) in [5, 5.41) is 2.96. The van der Waals surface area contributed by atoms with Crippen LogP contribution in [0.3, 0.4) is 0 Å². The van der Waals surface area contributed by atoms with E-state index < -0.39 is 0 Å². The van der Waals surface area contributed by atoms with Gasteiger partial charge in [-0.3, -0.25) is 9.78 Å². The molecule has 1 unspecified atom stereocenters. The van der Waals surface area contributed by atoms with Crippen molar-refractivity contribution in [2.24, 2.45) is 0 Å². The highest BCUT2D eigenvalue weighted by atomic mass is 35.5. The zero-order valence-corrected chi connectivity index (χ0v) is 11.6. The van der Waals surface area contributed by atoms with E-state index in [0.29, 0.717) is 6.42 Å². The largest absolute Gasteiger partial charge is 0.348 e. The first-order valence-corrected chi connectivity index (χ1v) is 6.45. The lowest BCUT2D eigenvalue weighted by atomic mass is 10.1. The van der Waals surface area contributed by atoms with E-state index in [4.69, 9.17) is 11.6 Å². The van der Waals surface area contributed by atoms with Crippen LogP contribution in [0.4, 0.5) is 4.39 Å². The number of carbonyl (C=O) groups is 1. The van der Waals surface area contributed by atoms with Gasteiger partial charge >= 0.3 is 0 Å². The lowest BCUT2D eigenvalue weighted by Gasteiger charge is -2.13. The van der Waals surface area contributed by atoms with Crippen LogP contribution in [0.5, 0.6) is 0 Å². The van der Waals surface area contributed by atoms with Crippen molar-refractivity contribution in [3.8, 4) is 0 Å². The smallest absolute Gasteiger partial charge is 0.271 e. The number of halogens is 2. The quantitative estimate of drug-likeness (QED) is 0.943. The van der Waals surface area contributed by atoms with Crippen molar-refractivity contribution in [1.82, 2.24) is 15.3 Å². The highest BCUT2D eigenvalue weighted by Gasteiger charge is 2.12. The van der Waals surface area contributed by atoms with Crippen molar-refractivity contribution in [1.29, 1.82) is 0 Å². The number of nitrogens with zero attached hydrogens (tertiary/aromatic N) is 2. The fourth-order valence-electron chi connectivity index (χ4n) is 1.77. The number of nitrogens with one attached hydrogen (secondary N) is 1. The van der Waals surface area contributed by atoms with E-state index in [-0.39, 0.29) is 28.6 Å². The van der Waals surface area contributed by atoms with Gasteiger partial charge in [0.05, 0.1) is 12.4 Å². The van der Waals surface area contributed by atoms with Gasteiger partial charge in [0.15, 0.2) is 0 Å². The molecule has 0 aliphatic rings. The molecule has 1 aromatic heterocycles. The van der Waals surface area contributed by atoms with Crippen molar-refractivity contribution in [2.75, 3.05) is 0 Å². The van der Waals surface area contributed by atoms with Crippen LogP contribution in [0.2, 0.25) is 5.15 Å². The van der Waals surface area contributed by atoms with E-state index >= 15 is 0 Å². The van der Waals surface area contributed by atoms with Crippen LogP contribution in [0.1, 0.15) is 23.0 Å². The lowest BCUT2D eigenvalue weighted by molar-refractivity contribution is 0.0934. The second-order valence-corrected chi connectivity index (χ2v) is 4.82. The molecule has 0 saturated carbocycles. The van der Waals surface area contributed by atoms with Crippen molar-refractivity contribution < 1.29 is 9.18 Å². The minimum Gasteiger partial charge on any atom is -0.348 e. The molecule has 2 rings (SSSR count). The summed E-state index contributed by atoms with van der Waals surface area (Å²) >= 11 is 5.68. The third kappa shape index (κ3) is 3.99. The molecule has 0 bridgehead atoms. The monoisotopic (exact) mass is 293 g/mol. The Morgan fingerprint density at radius 1 is 1.35 bits per heavy atom. The molecule has 4 nitrogen and oxygen atoms in total. The summed E-state index contributed by atoms with van der Waals surface area (Å²) in [6.07, 6.45) is 3.31. The number of benzene rings is 1. The molecule has 0 spiro atoms. The summed E-state index contributed by atoms with van der Waals surface area (Å²) in [7, 11) is 0. The average Bonchev–Trinajstić information content (AvgIpc) is 2.41. The van der Waals surface area contributed by atoms with Crippen molar-refractivity contribution in [3.63, 3.8) is 0 Å². The molecule has 0 aliphatic carbocycles. The van der Waals surface area contributed by atoms with Crippen LogP contribution in [0, 0.1) is 5.82 Å². The van der Waals surface area contributed by atoms with E-state index in [1.54, 1.807) is 12.1 Å². The van der Waals surface area contributed by atoms with Gasteiger partial charge in [-0.1, -0.05) is 23.7 Å². The zero-order chi connectivity index (χ0) is 14.5. The van der Waals surface area contributed by atoms with Crippen LogP contribution < -0.4 is 5.32 Å². The van der Waals surface area contributed by atoms with Gasteiger partial charge in [-0.05, 0) is 31.0 Å². The van der Waals surface area contributed by atoms with Gasteiger partial charge in [0.2, 0.25) is 0 Å². The Labute approximate surface area is 121 Å². The predicted octanol–water partition coefficient (Wildman–Crippen LogP) is 2.63. The van der Waals surface area contributed by atoms with Crippen molar-refractivity contribution in [2.45, 2.75) is 19.4 Å². The zero-order valence-electron chi connectivity index (χ0n) is 10.8.